The third-order valence-electron chi connectivity index (χ3n) is 4.60. The van der Waals surface area contributed by atoms with Crippen molar-refractivity contribution in [2.75, 3.05) is 11.5 Å². The number of aromatic nitrogens is 2. The molecule has 0 spiro atoms. The van der Waals surface area contributed by atoms with Crippen LogP contribution in [0.15, 0.2) is 59.2 Å². The molecule has 8 heteroatoms. The molecule has 0 bridgehead atoms. The third kappa shape index (κ3) is 3.80. The number of hydrogen-bond acceptors (Lipinski definition) is 5. The number of nitrogens with zero attached hydrogens (tertiary/aromatic N) is 2. The zero-order chi connectivity index (χ0) is 18.9. The van der Waals surface area contributed by atoms with Gasteiger partial charge in [0.2, 0.25) is 0 Å². The van der Waals surface area contributed by atoms with Crippen LogP contribution in [-0.2, 0) is 16.4 Å². The van der Waals surface area contributed by atoms with Crippen LogP contribution in [0.3, 0.4) is 0 Å². The molecule has 0 aliphatic carbocycles. The molecule has 4 rings (SSSR count). The van der Waals surface area contributed by atoms with Crippen molar-refractivity contribution in [2.24, 2.45) is 0 Å². The van der Waals surface area contributed by atoms with Gasteiger partial charge in [0.25, 0.3) is 5.91 Å². The van der Waals surface area contributed by atoms with Gasteiger partial charge in [-0.2, -0.15) is 5.10 Å². The van der Waals surface area contributed by atoms with Crippen molar-refractivity contribution < 1.29 is 17.6 Å². The molecule has 1 saturated heterocycles. The van der Waals surface area contributed by atoms with Gasteiger partial charge in [0.15, 0.2) is 15.5 Å². The Morgan fingerprint density at radius 1 is 1.22 bits per heavy atom. The summed E-state index contributed by atoms with van der Waals surface area (Å²) in [6.45, 7) is 0.261. The molecule has 0 radical (unpaired) electrons. The lowest BCUT2D eigenvalue weighted by Crippen LogP contribution is -2.23. The topological polar surface area (TPSA) is 94.2 Å². The minimum atomic E-state index is -3.07. The fourth-order valence-electron chi connectivity index (χ4n) is 3.25. The van der Waals surface area contributed by atoms with Gasteiger partial charge in [0, 0.05) is 0 Å². The first-order valence-electron chi connectivity index (χ1n) is 8.68. The summed E-state index contributed by atoms with van der Waals surface area (Å²) in [4.78, 5) is 12.5. The van der Waals surface area contributed by atoms with Crippen LogP contribution in [0.2, 0.25) is 0 Å². The van der Waals surface area contributed by atoms with E-state index in [4.69, 9.17) is 4.42 Å². The molecule has 7 nitrogen and oxygen atoms in total. The monoisotopic (exact) mass is 385 g/mol. The van der Waals surface area contributed by atoms with Gasteiger partial charge in [-0.3, -0.25) is 9.48 Å². The van der Waals surface area contributed by atoms with E-state index in [1.54, 1.807) is 29.1 Å². The van der Waals surface area contributed by atoms with Crippen molar-refractivity contribution in [3.05, 3.63) is 66.2 Å². The molecule has 1 aliphatic heterocycles. The molecule has 1 aromatic carbocycles. The normalized spacial score (nSPS) is 18.4. The molecule has 0 unspecified atom stereocenters. The Kier molecular flexibility index (Phi) is 4.57. The molecule has 1 amide bonds. The molecule has 3 heterocycles. The number of carbonyl (C=O) groups excluding carboxylic acids is 1. The molecule has 1 aliphatic rings. The number of carbonyl (C=O) groups is 1. The summed E-state index contributed by atoms with van der Waals surface area (Å²) in [7, 11) is -3.07. The summed E-state index contributed by atoms with van der Waals surface area (Å²) < 4.78 is 30.7. The standard InChI is InChI=1S/C19H19N3O4S/c23-19(20-12-16-7-4-9-26-16)17-11-18(14-5-2-1-3-6-14)22(21-17)15-8-10-27(24,25)13-15/h1-7,9,11,15H,8,10,12-13H2,(H,20,23)/t15-/m0/s1. The van der Waals surface area contributed by atoms with E-state index in [9.17, 15) is 13.2 Å². The lowest BCUT2D eigenvalue weighted by Gasteiger charge is -2.13. The lowest BCUT2D eigenvalue weighted by molar-refractivity contribution is 0.0942. The Balaban J connectivity index is 1.64. The predicted octanol–water partition coefficient (Wildman–Crippen LogP) is 2.43. The number of amides is 1. The van der Waals surface area contributed by atoms with E-state index in [-0.39, 0.29) is 35.7 Å². The van der Waals surface area contributed by atoms with Crippen LogP contribution in [0.5, 0.6) is 0 Å². The molecule has 27 heavy (non-hydrogen) atoms. The minimum Gasteiger partial charge on any atom is -0.467 e. The number of furan rings is 1. The highest BCUT2D eigenvalue weighted by Gasteiger charge is 2.32. The highest BCUT2D eigenvalue weighted by Crippen LogP contribution is 2.30. The second-order valence-corrected chi connectivity index (χ2v) is 8.77. The van der Waals surface area contributed by atoms with Gasteiger partial charge in [-0.25, -0.2) is 8.42 Å². The molecule has 140 valence electrons. The lowest BCUT2D eigenvalue weighted by atomic mass is 10.1. The second-order valence-electron chi connectivity index (χ2n) is 6.54. The van der Waals surface area contributed by atoms with Crippen LogP contribution in [-0.4, -0.2) is 35.6 Å². The minimum absolute atomic E-state index is 0.0436. The first kappa shape index (κ1) is 17.5. The Hall–Kier alpha value is -2.87. The van der Waals surface area contributed by atoms with Crippen LogP contribution < -0.4 is 5.32 Å². The van der Waals surface area contributed by atoms with Gasteiger partial charge < -0.3 is 9.73 Å². The summed E-state index contributed by atoms with van der Waals surface area (Å²) in [5, 5.41) is 7.22. The summed E-state index contributed by atoms with van der Waals surface area (Å²) in [6, 6.07) is 14.5. The van der Waals surface area contributed by atoms with E-state index in [2.05, 4.69) is 10.4 Å². The maximum absolute atomic E-state index is 12.5. The van der Waals surface area contributed by atoms with Gasteiger partial charge >= 0.3 is 0 Å². The number of nitrogens with one attached hydrogen (secondary N) is 1. The van der Waals surface area contributed by atoms with Crippen molar-refractivity contribution in [1.82, 2.24) is 15.1 Å². The van der Waals surface area contributed by atoms with E-state index in [0.29, 0.717) is 12.2 Å². The highest BCUT2D eigenvalue weighted by molar-refractivity contribution is 7.91. The molecule has 0 saturated carbocycles. The zero-order valence-corrected chi connectivity index (χ0v) is 15.4. The predicted molar refractivity (Wildman–Crippen MR) is 99.8 cm³/mol. The molecular formula is C19H19N3O4S. The SMILES string of the molecule is O=C(NCc1ccco1)c1cc(-c2ccccc2)n([C@H]2CCS(=O)(=O)C2)n1. The Bertz CT molecular complexity index is 1040. The van der Waals surface area contributed by atoms with E-state index >= 15 is 0 Å². The molecule has 2 aromatic heterocycles. The van der Waals surface area contributed by atoms with Crippen molar-refractivity contribution in [2.45, 2.75) is 19.0 Å². The molecule has 3 aromatic rings. The smallest absolute Gasteiger partial charge is 0.272 e. The van der Waals surface area contributed by atoms with Crippen LogP contribution in [0.4, 0.5) is 0 Å². The number of benzene rings is 1. The van der Waals surface area contributed by atoms with Gasteiger partial charge in [-0.1, -0.05) is 30.3 Å². The van der Waals surface area contributed by atoms with Crippen LogP contribution in [0.1, 0.15) is 28.7 Å². The molecular weight excluding hydrogens is 366 g/mol. The first-order valence-corrected chi connectivity index (χ1v) is 10.5. The molecule has 1 fully saturated rings. The zero-order valence-electron chi connectivity index (χ0n) is 14.5. The maximum Gasteiger partial charge on any atom is 0.272 e. The van der Waals surface area contributed by atoms with Crippen molar-refractivity contribution in [3.63, 3.8) is 0 Å². The van der Waals surface area contributed by atoms with Gasteiger partial charge in [-0.15, -0.1) is 0 Å². The highest BCUT2D eigenvalue weighted by atomic mass is 32.2. The van der Waals surface area contributed by atoms with Gasteiger partial charge in [0.05, 0.1) is 36.0 Å². The van der Waals surface area contributed by atoms with Gasteiger partial charge in [-0.05, 0) is 30.2 Å². The van der Waals surface area contributed by atoms with E-state index < -0.39 is 9.84 Å². The quantitative estimate of drug-likeness (QED) is 0.728. The second kappa shape index (κ2) is 7.03. The third-order valence-corrected chi connectivity index (χ3v) is 6.35. The van der Waals surface area contributed by atoms with Gasteiger partial charge in [0.1, 0.15) is 5.76 Å². The maximum atomic E-state index is 12.5. The van der Waals surface area contributed by atoms with E-state index in [1.807, 2.05) is 30.3 Å². The Morgan fingerprint density at radius 2 is 2.04 bits per heavy atom. The summed E-state index contributed by atoms with van der Waals surface area (Å²) >= 11 is 0. The fourth-order valence-corrected chi connectivity index (χ4v) is 4.94. The number of hydrogen-bond donors (Lipinski definition) is 1. The van der Waals surface area contributed by atoms with Crippen LogP contribution >= 0.6 is 0 Å². The Labute approximate surface area is 156 Å². The fraction of sp³-hybridized carbons (Fsp3) is 0.263. The van der Waals surface area contributed by atoms with Crippen LogP contribution in [0, 0.1) is 0 Å². The summed E-state index contributed by atoms with van der Waals surface area (Å²) in [5.74, 6) is 0.504. The largest absolute Gasteiger partial charge is 0.467 e. The average Bonchev–Trinajstić information content (AvgIpc) is 3.39. The van der Waals surface area contributed by atoms with Crippen molar-refractivity contribution in [3.8, 4) is 11.3 Å². The van der Waals surface area contributed by atoms with E-state index in [1.165, 1.54) is 0 Å². The molecule has 1 N–H and O–H groups in total. The van der Waals surface area contributed by atoms with Crippen molar-refractivity contribution in [1.29, 1.82) is 0 Å². The van der Waals surface area contributed by atoms with E-state index in [0.717, 1.165) is 11.3 Å². The Morgan fingerprint density at radius 3 is 2.70 bits per heavy atom. The van der Waals surface area contributed by atoms with Crippen LogP contribution in [0.25, 0.3) is 11.3 Å². The average molecular weight is 385 g/mol. The first-order chi connectivity index (χ1) is 13.0. The summed E-state index contributed by atoms with van der Waals surface area (Å²) in [6.07, 6.45) is 2.04. The number of sulfone groups is 1. The summed E-state index contributed by atoms with van der Waals surface area (Å²) in [5.41, 5.74) is 1.88. The number of rotatable bonds is 5. The molecule has 1 atom stereocenters. The van der Waals surface area contributed by atoms with Crippen molar-refractivity contribution >= 4 is 15.7 Å².